The first kappa shape index (κ1) is 22.7. The fourth-order valence-corrected chi connectivity index (χ4v) is 5.29. The summed E-state index contributed by atoms with van der Waals surface area (Å²) < 4.78 is 1.66. The standard InChI is InChI=1S/C24H36N6O2/c1-16-8-11-28(12-9-16)14-19-5-4-10-29(15-19)22(31)7-6-20-17(2)27-24-21(23(25)32)13-26-30(24)18(20)3/h13,16,19H,4-12,14-15H2,1-3H3,(H2,25,32). The minimum atomic E-state index is -0.534. The number of nitrogens with zero attached hydrogens (tertiary/aromatic N) is 5. The van der Waals surface area contributed by atoms with Gasteiger partial charge in [-0.2, -0.15) is 5.10 Å². The van der Waals surface area contributed by atoms with E-state index in [2.05, 4.69) is 26.8 Å². The lowest BCUT2D eigenvalue weighted by atomic mass is 9.94. The number of carbonyl (C=O) groups excluding carboxylic acids is 2. The monoisotopic (exact) mass is 440 g/mol. The lowest BCUT2D eigenvalue weighted by molar-refractivity contribution is -0.133. The summed E-state index contributed by atoms with van der Waals surface area (Å²) in [7, 11) is 0. The molecule has 2 aromatic heterocycles. The van der Waals surface area contributed by atoms with Crippen LogP contribution in [0.3, 0.4) is 0 Å². The smallest absolute Gasteiger partial charge is 0.254 e. The van der Waals surface area contributed by atoms with Crippen molar-refractivity contribution >= 4 is 17.5 Å². The van der Waals surface area contributed by atoms with Crippen LogP contribution in [0.15, 0.2) is 6.20 Å². The summed E-state index contributed by atoms with van der Waals surface area (Å²) >= 11 is 0. The van der Waals surface area contributed by atoms with Gasteiger partial charge in [-0.05, 0) is 76.4 Å². The molecule has 0 saturated carbocycles. The van der Waals surface area contributed by atoms with Crippen LogP contribution in [0.4, 0.5) is 0 Å². The van der Waals surface area contributed by atoms with Gasteiger partial charge in [-0.1, -0.05) is 6.92 Å². The molecule has 1 unspecified atom stereocenters. The Hall–Kier alpha value is -2.48. The number of carbonyl (C=O) groups is 2. The first-order valence-corrected chi connectivity index (χ1v) is 12.0. The van der Waals surface area contributed by atoms with Gasteiger partial charge < -0.3 is 15.5 Å². The van der Waals surface area contributed by atoms with Crippen LogP contribution in [0.25, 0.3) is 5.65 Å². The molecular weight excluding hydrogens is 404 g/mol. The largest absolute Gasteiger partial charge is 0.365 e. The lowest BCUT2D eigenvalue weighted by Crippen LogP contribution is -2.45. The van der Waals surface area contributed by atoms with E-state index in [1.165, 1.54) is 38.5 Å². The third kappa shape index (κ3) is 4.80. The Morgan fingerprint density at radius 3 is 2.62 bits per heavy atom. The van der Waals surface area contributed by atoms with Crippen LogP contribution in [-0.2, 0) is 11.2 Å². The molecule has 0 radical (unpaired) electrons. The number of rotatable bonds is 6. The zero-order valence-corrected chi connectivity index (χ0v) is 19.6. The van der Waals surface area contributed by atoms with Crippen molar-refractivity contribution in [2.45, 2.75) is 59.3 Å². The predicted molar refractivity (Wildman–Crippen MR) is 123 cm³/mol. The van der Waals surface area contributed by atoms with E-state index < -0.39 is 5.91 Å². The quantitative estimate of drug-likeness (QED) is 0.744. The van der Waals surface area contributed by atoms with E-state index in [9.17, 15) is 9.59 Å². The molecule has 0 spiro atoms. The number of piperidine rings is 2. The molecule has 2 N–H and O–H groups in total. The normalized spacial score (nSPS) is 20.7. The molecule has 4 heterocycles. The first-order valence-electron chi connectivity index (χ1n) is 12.0. The number of likely N-dealkylation sites (tertiary alicyclic amines) is 2. The second-order valence-electron chi connectivity index (χ2n) is 9.75. The summed E-state index contributed by atoms with van der Waals surface area (Å²) in [5.41, 5.74) is 8.98. The number of aromatic nitrogens is 3. The van der Waals surface area contributed by atoms with Crippen molar-refractivity contribution in [1.29, 1.82) is 0 Å². The van der Waals surface area contributed by atoms with Gasteiger partial charge in [0.1, 0.15) is 5.56 Å². The number of hydrogen-bond donors (Lipinski definition) is 1. The van der Waals surface area contributed by atoms with Crippen molar-refractivity contribution in [1.82, 2.24) is 24.4 Å². The highest BCUT2D eigenvalue weighted by atomic mass is 16.2. The Balaban J connectivity index is 1.37. The Morgan fingerprint density at radius 2 is 1.91 bits per heavy atom. The number of primary amides is 1. The highest BCUT2D eigenvalue weighted by molar-refractivity contribution is 5.98. The zero-order valence-electron chi connectivity index (χ0n) is 19.6. The van der Waals surface area contributed by atoms with Gasteiger partial charge in [0.2, 0.25) is 5.91 Å². The van der Waals surface area contributed by atoms with Crippen molar-refractivity contribution in [3.05, 3.63) is 28.7 Å². The predicted octanol–water partition coefficient (Wildman–Crippen LogP) is 2.35. The topological polar surface area (TPSA) is 96.8 Å². The highest BCUT2D eigenvalue weighted by Crippen LogP contribution is 2.23. The molecule has 2 aliphatic heterocycles. The second-order valence-corrected chi connectivity index (χ2v) is 9.75. The third-order valence-corrected chi connectivity index (χ3v) is 7.33. The van der Waals surface area contributed by atoms with E-state index >= 15 is 0 Å². The molecule has 32 heavy (non-hydrogen) atoms. The average molecular weight is 441 g/mol. The van der Waals surface area contributed by atoms with E-state index in [0.29, 0.717) is 30.0 Å². The van der Waals surface area contributed by atoms with E-state index in [0.717, 1.165) is 48.9 Å². The van der Waals surface area contributed by atoms with Gasteiger partial charge in [-0.15, -0.1) is 0 Å². The number of amides is 2. The van der Waals surface area contributed by atoms with E-state index in [-0.39, 0.29) is 5.91 Å². The van der Waals surface area contributed by atoms with Crippen molar-refractivity contribution in [3.63, 3.8) is 0 Å². The molecule has 0 bridgehead atoms. The molecule has 8 heteroatoms. The molecule has 2 amide bonds. The van der Waals surface area contributed by atoms with Crippen molar-refractivity contribution in [2.75, 3.05) is 32.7 Å². The average Bonchev–Trinajstić information content (AvgIpc) is 3.19. The molecule has 2 aliphatic rings. The van der Waals surface area contributed by atoms with Crippen LogP contribution in [0.2, 0.25) is 0 Å². The molecular formula is C24H36N6O2. The molecule has 4 rings (SSSR count). The maximum atomic E-state index is 13.0. The summed E-state index contributed by atoms with van der Waals surface area (Å²) in [5, 5.41) is 4.28. The van der Waals surface area contributed by atoms with Crippen molar-refractivity contribution < 1.29 is 9.59 Å². The molecule has 8 nitrogen and oxygen atoms in total. The summed E-state index contributed by atoms with van der Waals surface area (Å²) in [6.45, 7) is 11.5. The number of fused-ring (bicyclic) bond motifs is 1. The van der Waals surface area contributed by atoms with Gasteiger partial charge in [0.05, 0.1) is 6.20 Å². The summed E-state index contributed by atoms with van der Waals surface area (Å²) in [4.78, 5) is 33.9. The number of hydrogen-bond acceptors (Lipinski definition) is 5. The maximum absolute atomic E-state index is 13.0. The Morgan fingerprint density at radius 1 is 1.16 bits per heavy atom. The van der Waals surface area contributed by atoms with Gasteiger partial charge in [-0.25, -0.2) is 9.50 Å². The van der Waals surface area contributed by atoms with Crippen molar-refractivity contribution in [2.24, 2.45) is 17.6 Å². The lowest BCUT2D eigenvalue weighted by Gasteiger charge is -2.38. The zero-order chi connectivity index (χ0) is 22.8. The number of aryl methyl sites for hydroxylation is 2. The van der Waals surface area contributed by atoms with Gasteiger partial charge in [0.15, 0.2) is 5.65 Å². The van der Waals surface area contributed by atoms with Crippen LogP contribution in [0.1, 0.15) is 66.3 Å². The highest BCUT2D eigenvalue weighted by Gasteiger charge is 2.27. The molecule has 2 fully saturated rings. The molecule has 2 saturated heterocycles. The SMILES string of the molecule is Cc1nc2c(C(N)=O)cnn2c(C)c1CCC(=O)N1CCCC(CN2CCC(C)CC2)C1. The van der Waals surface area contributed by atoms with Crippen LogP contribution >= 0.6 is 0 Å². The van der Waals surface area contributed by atoms with Gasteiger partial charge in [0.25, 0.3) is 5.91 Å². The molecule has 0 aromatic carbocycles. The molecule has 174 valence electrons. The molecule has 1 atom stereocenters. The van der Waals surface area contributed by atoms with Gasteiger partial charge in [-0.3, -0.25) is 9.59 Å². The Bertz CT molecular complexity index is 992. The first-order chi connectivity index (χ1) is 15.3. The fraction of sp³-hybridized carbons (Fsp3) is 0.667. The molecule has 0 aliphatic carbocycles. The van der Waals surface area contributed by atoms with Gasteiger partial charge >= 0.3 is 0 Å². The summed E-state index contributed by atoms with van der Waals surface area (Å²) in [5.74, 6) is 1.12. The third-order valence-electron chi connectivity index (χ3n) is 7.33. The number of nitrogens with two attached hydrogens (primary N) is 1. The molecule has 2 aromatic rings. The van der Waals surface area contributed by atoms with Crippen LogP contribution in [0.5, 0.6) is 0 Å². The van der Waals surface area contributed by atoms with Crippen LogP contribution in [0, 0.1) is 25.7 Å². The van der Waals surface area contributed by atoms with Crippen LogP contribution in [-0.4, -0.2) is 68.9 Å². The van der Waals surface area contributed by atoms with E-state index in [1.54, 1.807) is 4.52 Å². The van der Waals surface area contributed by atoms with Crippen LogP contribution < -0.4 is 5.73 Å². The fourth-order valence-electron chi connectivity index (χ4n) is 5.29. The minimum Gasteiger partial charge on any atom is -0.365 e. The van der Waals surface area contributed by atoms with Gasteiger partial charge in [0, 0.05) is 37.4 Å². The van der Waals surface area contributed by atoms with E-state index in [4.69, 9.17) is 5.73 Å². The summed E-state index contributed by atoms with van der Waals surface area (Å²) in [6, 6.07) is 0. The summed E-state index contributed by atoms with van der Waals surface area (Å²) in [6.07, 6.45) is 7.45. The maximum Gasteiger partial charge on any atom is 0.254 e. The van der Waals surface area contributed by atoms with Crippen molar-refractivity contribution in [3.8, 4) is 0 Å². The Labute approximate surface area is 190 Å². The second kappa shape index (κ2) is 9.57. The Kier molecular flexibility index (Phi) is 6.79. The van der Waals surface area contributed by atoms with E-state index in [1.807, 2.05) is 13.8 Å². The minimum absolute atomic E-state index is 0.221.